The molecule has 0 fully saturated rings. The molecule has 0 aliphatic heterocycles. The van der Waals surface area contributed by atoms with Crippen LogP contribution in [-0.4, -0.2) is 18.5 Å². The lowest BCUT2D eigenvalue weighted by atomic mass is 10.1. The molecular weight excluding hydrogens is 310 g/mol. The number of nitrogens with zero attached hydrogens (tertiary/aromatic N) is 1. The molecule has 2 N–H and O–H groups in total. The first kappa shape index (κ1) is 19.0. The monoisotopic (exact) mass is 339 g/mol. The molecule has 0 unspecified atom stereocenters. The maximum Gasteiger partial charge on any atom is 0.191 e. The van der Waals surface area contributed by atoms with Gasteiger partial charge in [-0.05, 0) is 37.5 Å². The highest BCUT2D eigenvalue weighted by atomic mass is 16.5. The van der Waals surface area contributed by atoms with Gasteiger partial charge in [0.15, 0.2) is 5.96 Å². The Bertz CT molecular complexity index is 636. The van der Waals surface area contributed by atoms with E-state index in [1.165, 1.54) is 16.7 Å². The molecule has 0 saturated carbocycles. The summed E-state index contributed by atoms with van der Waals surface area (Å²) in [5, 5.41) is 6.58. The van der Waals surface area contributed by atoms with E-state index in [1.54, 1.807) is 0 Å². The average molecular weight is 339 g/mol. The van der Waals surface area contributed by atoms with Gasteiger partial charge in [-0.2, -0.15) is 0 Å². The van der Waals surface area contributed by atoms with Gasteiger partial charge in [0.25, 0.3) is 0 Å². The highest BCUT2D eigenvalue weighted by Crippen LogP contribution is 2.09. The Morgan fingerprint density at radius 2 is 1.52 bits per heavy atom. The molecule has 0 bridgehead atoms. The van der Waals surface area contributed by atoms with Crippen molar-refractivity contribution in [3.63, 3.8) is 0 Å². The van der Waals surface area contributed by atoms with Crippen LogP contribution >= 0.6 is 0 Å². The summed E-state index contributed by atoms with van der Waals surface area (Å²) in [4.78, 5) is 4.62. The molecule has 134 valence electrons. The molecule has 2 aromatic rings. The Labute approximate surface area is 151 Å². The molecule has 0 amide bonds. The molecule has 0 aliphatic carbocycles. The fraction of sp³-hybridized carbons (Fsp3) is 0.381. The fourth-order valence-electron chi connectivity index (χ4n) is 2.37. The SMILES string of the molecule is CCNC(=NCc1ccc(COCc2ccccc2)cc1)NC(C)C. The van der Waals surface area contributed by atoms with Gasteiger partial charge in [0.2, 0.25) is 0 Å². The molecule has 0 heterocycles. The van der Waals surface area contributed by atoms with E-state index in [1.807, 2.05) is 18.2 Å². The lowest BCUT2D eigenvalue weighted by Crippen LogP contribution is -2.40. The van der Waals surface area contributed by atoms with Crippen LogP contribution in [0.4, 0.5) is 0 Å². The minimum Gasteiger partial charge on any atom is -0.372 e. The van der Waals surface area contributed by atoms with Crippen molar-refractivity contribution in [2.24, 2.45) is 4.99 Å². The molecule has 4 heteroatoms. The third-order valence-electron chi connectivity index (χ3n) is 3.59. The Hall–Kier alpha value is -2.33. The van der Waals surface area contributed by atoms with Gasteiger partial charge < -0.3 is 15.4 Å². The molecule has 25 heavy (non-hydrogen) atoms. The predicted octanol–water partition coefficient (Wildman–Crippen LogP) is 3.87. The van der Waals surface area contributed by atoms with Crippen LogP contribution in [0.1, 0.15) is 37.5 Å². The van der Waals surface area contributed by atoms with Crippen molar-refractivity contribution < 1.29 is 4.74 Å². The summed E-state index contributed by atoms with van der Waals surface area (Å²) in [5.41, 5.74) is 3.56. The predicted molar refractivity (Wildman–Crippen MR) is 104 cm³/mol. The number of hydrogen-bond acceptors (Lipinski definition) is 2. The normalized spacial score (nSPS) is 11.6. The summed E-state index contributed by atoms with van der Waals surface area (Å²) in [5.74, 6) is 0.854. The Balaban J connectivity index is 1.82. The molecule has 0 aliphatic rings. The molecule has 2 rings (SSSR count). The minimum atomic E-state index is 0.363. The minimum absolute atomic E-state index is 0.363. The van der Waals surface area contributed by atoms with Crippen LogP contribution in [0.25, 0.3) is 0 Å². The summed E-state index contributed by atoms with van der Waals surface area (Å²) >= 11 is 0. The van der Waals surface area contributed by atoms with Crippen LogP contribution in [-0.2, 0) is 24.5 Å². The van der Waals surface area contributed by atoms with E-state index in [2.05, 4.69) is 72.8 Å². The van der Waals surface area contributed by atoms with Crippen molar-refractivity contribution in [2.45, 2.75) is 46.6 Å². The molecule has 2 aromatic carbocycles. The molecule has 0 radical (unpaired) electrons. The van der Waals surface area contributed by atoms with Gasteiger partial charge in [-0.25, -0.2) is 4.99 Å². The van der Waals surface area contributed by atoms with Gasteiger partial charge in [-0.3, -0.25) is 0 Å². The van der Waals surface area contributed by atoms with Crippen LogP contribution in [0, 0.1) is 0 Å². The topological polar surface area (TPSA) is 45.7 Å². The van der Waals surface area contributed by atoms with Crippen molar-refractivity contribution in [1.82, 2.24) is 10.6 Å². The number of nitrogens with one attached hydrogen (secondary N) is 2. The molecule has 0 aromatic heterocycles. The van der Waals surface area contributed by atoms with Crippen molar-refractivity contribution in [1.29, 1.82) is 0 Å². The van der Waals surface area contributed by atoms with Crippen LogP contribution in [0.2, 0.25) is 0 Å². The Kier molecular flexibility index (Phi) is 7.99. The Morgan fingerprint density at radius 1 is 0.920 bits per heavy atom. The van der Waals surface area contributed by atoms with Gasteiger partial charge in [-0.15, -0.1) is 0 Å². The van der Waals surface area contributed by atoms with Gasteiger partial charge >= 0.3 is 0 Å². The molecule has 0 saturated heterocycles. The third-order valence-corrected chi connectivity index (χ3v) is 3.59. The second-order valence-corrected chi connectivity index (χ2v) is 6.29. The Morgan fingerprint density at radius 3 is 2.12 bits per heavy atom. The van der Waals surface area contributed by atoms with Gasteiger partial charge in [0.1, 0.15) is 0 Å². The summed E-state index contributed by atoms with van der Waals surface area (Å²) in [6, 6.07) is 19.0. The highest BCUT2D eigenvalue weighted by molar-refractivity contribution is 5.79. The van der Waals surface area contributed by atoms with E-state index in [0.717, 1.165) is 12.5 Å². The first-order chi connectivity index (χ1) is 12.2. The van der Waals surface area contributed by atoms with Gasteiger partial charge in [0, 0.05) is 12.6 Å². The van der Waals surface area contributed by atoms with Crippen molar-refractivity contribution >= 4 is 5.96 Å². The summed E-state index contributed by atoms with van der Waals surface area (Å²) in [7, 11) is 0. The van der Waals surface area contributed by atoms with E-state index < -0.39 is 0 Å². The van der Waals surface area contributed by atoms with Crippen LogP contribution in [0.3, 0.4) is 0 Å². The van der Waals surface area contributed by atoms with Crippen LogP contribution in [0.5, 0.6) is 0 Å². The van der Waals surface area contributed by atoms with Gasteiger partial charge in [-0.1, -0.05) is 54.6 Å². The molecule has 0 atom stereocenters. The number of ether oxygens (including phenoxy) is 1. The standard InChI is InChI=1S/C21H29N3O/c1-4-22-21(24-17(2)3)23-14-18-10-12-20(13-11-18)16-25-15-19-8-6-5-7-9-19/h5-13,17H,4,14-16H2,1-3H3,(H2,22,23,24). The quantitative estimate of drug-likeness (QED) is 0.567. The van der Waals surface area contributed by atoms with Crippen LogP contribution in [0.15, 0.2) is 59.6 Å². The molecule has 4 nitrogen and oxygen atoms in total. The highest BCUT2D eigenvalue weighted by Gasteiger charge is 2.00. The number of benzene rings is 2. The van der Waals surface area contributed by atoms with E-state index in [0.29, 0.717) is 25.8 Å². The van der Waals surface area contributed by atoms with Crippen molar-refractivity contribution in [3.05, 3.63) is 71.3 Å². The number of hydrogen-bond donors (Lipinski definition) is 2. The summed E-state index contributed by atoms with van der Waals surface area (Å²) < 4.78 is 5.77. The third kappa shape index (κ3) is 7.40. The zero-order valence-electron chi connectivity index (χ0n) is 15.5. The number of guanidine groups is 1. The zero-order chi connectivity index (χ0) is 17.9. The molecule has 0 spiro atoms. The summed E-state index contributed by atoms with van der Waals surface area (Å²) in [6.45, 7) is 9.06. The van der Waals surface area contributed by atoms with E-state index in [9.17, 15) is 0 Å². The van der Waals surface area contributed by atoms with Crippen LogP contribution < -0.4 is 10.6 Å². The molecular formula is C21H29N3O. The second kappa shape index (κ2) is 10.5. The lowest BCUT2D eigenvalue weighted by Gasteiger charge is -2.14. The van der Waals surface area contributed by atoms with Crippen molar-refractivity contribution in [2.75, 3.05) is 6.54 Å². The number of aliphatic imine (C=N–C) groups is 1. The largest absolute Gasteiger partial charge is 0.372 e. The van der Waals surface area contributed by atoms with Gasteiger partial charge in [0.05, 0.1) is 19.8 Å². The maximum absolute atomic E-state index is 5.77. The van der Waals surface area contributed by atoms with E-state index in [4.69, 9.17) is 4.74 Å². The first-order valence-electron chi connectivity index (χ1n) is 8.91. The average Bonchev–Trinajstić information content (AvgIpc) is 2.61. The van der Waals surface area contributed by atoms with E-state index >= 15 is 0 Å². The summed E-state index contributed by atoms with van der Waals surface area (Å²) in [6.07, 6.45) is 0. The lowest BCUT2D eigenvalue weighted by molar-refractivity contribution is 0.107. The fourth-order valence-corrected chi connectivity index (χ4v) is 2.37. The van der Waals surface area contributed by atoms with E-state index in [-0.39, 0.29) is 0 Å². The van der Waals surface area contributed by atoms with Crippen molar-refractivity contribution in [3.8, 4) is 0 Å². The zero-order valence-corrected chi connectivity index (χ0v) is 15.5. The smallest absolute Gasteiger partial charge is 0.191 e. The first-order valence-corrected chi connectivity index (χ1v) is 8.91. The number of rotatable bonds is 8. The maximum atomic E-state index is 5.77. The second-order valence-electron chi connectivity index (χ2n) is 6.29.